The molecule has 0 radical (unpaired) electrons. The standard InChI is InChI=1S/C31H28N4O3/c1-20-28(19-35-29(18-32-34-35)25-6-4-3-5-7-25)30(38-33-20)26-14-12-24(13-15-26)23-10-8-22(9-11-23)21(2)37-31(36)27-16-17-27/h3-15,18,21,27H,16-17,19H2,1-2H3. The summed E-state index contributed by atoms with van der Waals surface area (Å²) in [5.41, 5.74) is 7.90. The number of hydrogen-bond donors (Lipinski definition) is 0. The van der Waals surface area contributed by atoms with E-state index in [1.54, 1.807) is 6.20 Å². The summed E-state index contributed by atoms with van der Waals surface area (Å²) in [6.07, 6.45) is 3.42. The molecule has 0 bridgehead atoms. The van der Waals surface area contributed by atoms with Crippen LogP contribution in [-0.4, -0.2) is 26.1 Å². The van der Waals surface area contributed by atoms with E-state index >= 15 is 0 Å². The molecule has 38 heavy (non-hydrogen) atoms. The van der Waals surface area contributed by atoms with Crippen LogP contribution in [0.2, 0.25) is 0 Å². The third kappa shape index (κ3) is 4.87. The monoisotopic (exact) mass is 504 g/mol. The van der Waals surface area contributed by atoms with Crippen molar-refractivity contribution in [3.8, 4) is 33.7 Å². The highest BCUT2D eigenvalue weighted by Crippen LogP contribution is 2.33. The molecule has 1 unspecified atom stereocenters. The third-order valence-electron chi connectivity index (χ3n) is 7.04. The van der Waals surface area contributed by atoms with E-state index in [1.165, 1.54) is 0 Å². The van der Waals surface area contributed by atoms with Gasteiger partial charge in [0.2, 0.25) is 0 Å². The van der Waals surface area contributed by atoms with Gasteiger partial charge in [0, 0.05) is 16.7 Å². The molecule has 0 spiro atoms. The van der Waals surface area contributed by atoms with E-state index in [4.69, 9.17) is 9.26 Å². The summed E-state index contributed by atoms with van der Waals surface area (Å²) >= 11 is 0. The Hall–Kier alpha value is -4.52. The van der Waals surface area contributed by atoms with Gasteiger partial charge in [-0.1, -0.05) is 89.2 Å². The van der Waals surface area contributed by atoms with Crippen molar-refractivity contribution in [3.05, 3.63) is 102 Å². The number of carbonyl (C=O) groups is 1. The van der Waals surface area contributed by atoms with E-state index < -0.39 is 0 Å². The lowest BCUT2D eigenvalue weighted by Crippen LogP contribution is -2.10. The van der Waals surface area contributed by atoms with Gasteiger partial charge in [-0.25, -0.2) is 4.68 Å². The van der Waals surface area contributed by atoms with Crippen LogP contribution < -0.4 is 0 Å². The van der Waals surface area contributed by atoms with Gasteiger partial charge in [0.1, 0.15) is 6.10 Å². The molecular formula is C31H28N4O3. The Kier molecular flexibility index (Phi) is 6.33. The Morgan fingerprint density at radius 3 is 2.29 bits per heavy atom. The second kappa shape index (κ2) is 10.1. The van der Waals surface area contributed by atoms with Crippen LogP contribution in [0.3, 0.4) is 0 Å². The number of hydrogen-bond acceptors (Lipinski definition) is 6. The maximum Gasteiger partial charge on any atom is 0.309 e. The topological polar surface area (TPSA) is 83.0 Å². The van der Waals surface area contributed by atoms with Gasteiger partial charge < -0.3 is 9.26 Å². The lowest BCUT2D eigenvalue weighted by Gasteiger charge is -2.14. The molecule has 1 atom stereocenters. The van der Waals surface area contributed by atoms with E-state index in [-0.39, 0.29) is 18.0 Å². The number of aromatic nitrogens is 4. The zero-order valence-electron chi connectivity index (χ0n) is 21.4. The maximum atomic E-state index is 12.0. The van der Waals surface area contributed by atoms with Crippen LogP contribution in [0.1, 0.15) is 42.7 Å². The molecule has 0 aliphatic heterocycles. The Bertz CT molecular complexity index is 1550. The quantitative estimate of drug-likeness (QED) is 0.220. The van der Waals surface area contributed by atoms with Crippen molar-refractivity contribution in [2.24, 2.45) is 5.92 Å². The van der Waals surface area contributed by atoms with Crippen molar-refractivity contribution in [1.29, 1.82) is 0 Å². The number of aryl methyl sites for hydroxylation is 1. The minimum absolute atomic E-state index is 0.0840. The van der Waals surface area contributed by atoms with Crippen molar-refractivity contribution in [3.63, 3.8) is 0 Å². The van der Waals surface area contributed by atoms with Gasteiger partial charge in [-0.15, -0.1) is 5.10 Å². The first kappa shape index (κ1) is 23.9. The largest absolute Gasteiger partial charge is 0.458 e. The molecule has 2 heterocycles. The van der Waals surface area contributed by atoms with Crippen molar-refractivity contribution in [2.75, 3.05) is 0 Å². The van der Waals surface area contributed by atoms with E-state index in [2.05, 4.69) is 39.7 Å². The molecule has 0 N–H and O–H groups in total. The van der Waals surface area contributed by atoms with Gasteiger partial charge in [-0.3, -0.25) is 4.79 Å². The Labute approximate surface area is 221 Å². The average molecular weight is 505 g/mol. The second-order valence-corrected chi connectivity index (χ2v) is 9.77. The fourth-order valence-corrected chi connectivity index (χ4v) is 4.58. The molecule has 1 aliphatic carbocycles. The molecule has 3 aromatic carbocycles. The van der Waals surface area contributed by atoms with Crippen molar-refractivity contribution < 1.29 is 14.1 Å². The number of esters is 1. The fraction of sp³-hybridized carbons (Fsp3) is 0.226. The number of nitrogens with zero attached hydrogens (tertiary/aromatic N) is 4. The van der Waals surface area contributed by atoms with Crippen LogP contribution in [-0.2, 0) is 16.1 Å². The molecule has 0 saturated heterocycles. The summed E-state index contributed by atoms with van der Waals surface area (Å²) in [5.74, 6) is 0.746. The predicted octanol–water partition coefficient (Wildman–Crippen LogP) is 6.64. The van der Waals surface area contributed by atoms with Crippen LogP contribution in [0.15, 0.2) is 89.6 Å². The highest BCUT2D eigenvalue weighted by atomic mass is 16.5. The summed E-state index contributed by atoms with van der Waals surface area (Å²) in [5, 5.41) is 12.7. The highest BCUT2D eigenvalue weighted by Gasteiger charge is 2.32. The molecule has 6 rings (SSSR count). The smallest absolute Gasteiger partial charge is 0.309 e. The van der Waals surface area contributed by atoms with Crippen molar-refractivity contribution in [1.82, 2.24) is 20.2 Å². The first-order valence-electron chi connectivity index (χ1n) is 12.9. The molecule has 7 nitrogen and oxygen atoms in total. The SMILES string of the molecule is Cc1noc(-c2ccc(-c3ccc(C(C)OC(=O)C4CC4)cc3)cc2)c1Cn1nncc1-c1ccccc1. The van der Waals surface area contributed by atoms with Crippen LogP contribution in [0, 0.1) is 12.8 Å². The molecule has 7 heteroatoms. The Morgan fingerprint density at radius 1 is 0.947 bits per heavy atom. The first-order valence-corrected chi connectivity index (χ1v) is 12.9. The van der Waals surface area contributed by atoms with Gasteiger partial charge in [-0.2, -0.15) is 0 Å². The zero-order valence-corrected chi connectivity index (χ0v) is 21.4. The van der Waals surface area contributed by atoms with E-state index in [0.29, 0.717) is 6.54 Å². The predicted molar refractivity (Wildman–Crippen MR) is 144 cm³/mol. The number of carbonyl (C=O) groups excluding carboxylic acids is 1. The average Bonchev–Trinajstić information content (AvgIpc) is 3.61. The molecule has 2 aromatic heterocycles. The number of ether oxygens (including phenoxy) is 1. The van der Waals surface area contributed by atoms with Crippen LogP contribution in [0.5, 0.6) is 0 Å². The second-order valence-electron chi connectivity index (χ2n) is 9.77. The summed E-state index contributed by atoms with van der Waals surface area (Å²) < 4.78 is 13.2. The Morgan fingerprint density at radius 2 is 1.61 bits per heavy atom. The Balaban J connectivity index is 1.20. The van der Waals surface area contributed by atoms with Gasteiger partial charge in [-0.05, 0) is 43.4 Å². The van der Waals surface area contributed by atoms with Crippen LogP contribution >= 0.6 is 0 Å². The number of benzene rings is 3. The minimum Gasteiger partial charge on any atom is -0.458 e. The molecule has 5 aromatic rings. The summed E-state index contributed by atoms with van der Waals surface area (Å²) in [6, 6.07) is 26.5. The van der Waals surface area contributed by atoms with E-state index in [9.17, 15) is 4.79 Å². The molecule has 1 fully saturated rings. The van der Waals surface area contributed by atoms with Gasteiger partial charge in [0.15, 0.2) is 5.76 Å². The normalized spacial score (nSPS) is 13.8. The molecule has 1 aliphatic rings. The first-order chi connectivity index (χ1) is 18.6. The molecular weight excluding hydrogens is 476 g/mol. The molecule has 1 saturated carbocycles. The summed E-state index contributed by atoms with van der Waals surface area (Å²) in [4.78, 5) is 12.0. The van der Waals surface area contributed by atoms with Crippen molar-refractivity contribution >= 4 is 5.97 Å². The van der Waals surface area contributed by atoms with E-state index in [0.717, 1.165) is 63.4 Å². The van der Waals surface area contributed by atoms with Crippen LogP contribution in [0.4, 0.5) is 0 Å². The fourth-order valence-electron chi connectivity index (χ4n) is 4.58. The molecule has 190 valence electrons. The summed E-state index contributed by atoms with van der Waals surface area (Å²) in [6.45, 7) is 4.37. The van der Waals surface area contributed by atoms with Crippen LogP contribution in [0.25, 0.3) is 33.7 Å². The lowest BCUT2D eigenvalue weighted by molar-refractivity contribution is -0.150. The maximum absolute atomic E-state index is 12.0. The minimum atomic E-state index is -0.250. The highest BCUT2D eigenvalue weighted by molar-refractivity contribution is 5.75. The zero-order chi connectivity index (χ0) is 26.1. The summed E-state index contributed by atoms with van der Waals surface area (Å²) in [7, 11) is 0. The van der Waals surface area contributed by atoms with Gasteiger partial charge in [0.05, 0.1) is 30.0 Å². The van der Waals surface area contributed by atoms with Gasteiger partial charge >= 0.3 is 5.97 Å². The van der Waals surface area contributed by atoms with Gasteiger partial charge in [0.25, 0.3) is 0 Å². The van der Waals surface area contributed by atoms with Crippen molar-refractivity contribution in [2.45, 2.75) is 39.3 Å². The number of rotatable bonds is 8. The third-order valence-corrected chi connectivity index (χ3v) is 7.04. The molecule has 0 amide bonds. The lowest BCUT2D eigenvalue weighted by atomic mass is 9.99. The van der Waals surface area contributed by atoms with E-state index in [1.807, 2.05) is 73.1 Å².